The molecule has 4 rings (SSSR count). The summed E-state index contributed by atoms with van der Waals surface area (Å²) in [5.41, 5.74) is 13.0. The molecule has 4 N–H and O–H groups in total. The van der Waals surface area contributed by atoms with E-state index in [4.69, 9.17) is 11.5 Å². The molecule has 26 heavy (non-hydrogen) atoms. The van der Waals surface area contributed by atoms with Crippen molar-refractivity contribution in [2.24, 2.45) is 11.5 Å². The van der Waals surface area contributed by atoms with Gasteiger partial charge < -0.3 is 11.5 Å². The summed E-state index contributed by atoms with van der Waals surface area (Å²) >= 11 is 0. The summed E-state index contributed by atoms with van der Waals surface area (Å²) in [6, 6.07) is 7.91. The zero-order valence-corrected chi connectivity index (χ0v) is 14.4. The second-order valence-corrected chi connectivity index (χ2v) is 6.77. The van der Waals surface area contributed by atoms with E-state index < -0.39 is 5.91 Å². The number of hydrogen-bond acceptors (Lipinski definition) is 6. The highest BCUT2D eigenvalue weighted by molar-refractivity contribution is 5.76. The standard InChI is InChI=1S/C18H21N7O/c19-12-7-5-11(6-8-12)18-23-16(9-15(20)26)24-25(18)17-10-21-13-3-1-2-4-14(13)22-17/h1-4,10-12H,5-9,19H2,(H2,20,26). The summed E-state index contributed by atoms with van der Waals surface area (Å²) in [7, 11) is 0. The van der Waals surface area contributed by atoms with Crippen LogP contribution in [0.5, 0.6) is 0 Å². The van der Waals surface area contributed by atoms with Gasteiger partial charge in [0.1, 0.15) is 5.82 Å². The van der Waals surface area contributed by atoms with Crippen molar-refractivity contribution in [3.05, 3.63) is 42.1 Å². The largest absolute Gasteiger partial charge is 0.369 e. The number of carbonyl (C=O) groups is 1. The third-order valence-corrected chi connectivity index (χ3v) is 4.80. The van der Waals surface area contributed by atoms with E-state index in [2.05, 4.69) is 20.1 Å². The van der Waals surface area contributed by atoms with E-state index in [1.807, 2.05) is 24.3 Å². The maximum atomic E-state index is 11.3. The molecular weight excluding hydrogens is 330 g/mol. The highest BCUT2D eigenvalue weighted by Crippen LogP contribution is 2.32. The number of nitrogens with two attached hydrogens (primary N) is 2. The smallest absolute Gasteiger partial charge is 0.225 e. The minimum Gasteiger partial charge on any atom is -0.369 e. The second-order valence-electron chi connectivity index (χ2n) is 6.77. The molecule has 1 aromatic carbocycles. The van der Waals surface area contributed by atoms with Crippen LogP contribution in [-0.2, 0) is 11.2 Å². The van der Waals surface area contributed by atoms with Crippen LogP contribution >= 0.6 is 0 Å². The number of para-hydroxylation sites is 2. The lowest BCUT2D eigenvalue weighted by Gasteiger charge is -2.25. The predicted octanol–water partition coefficient (Wildman–Crippen LogP) is 1.22. The first-order valence-corrected chi connectivity index (χ1v) is 8.82. The third-order valence-electron chi connectivity index (χ3n) is 4.80. The van der Waals surface area contributed by atoms with Crippen LogP contribution in [0.4, 0.5) is 0 Å². The third kappa shape index (κ3) is 3.28. The Kier molecular flexibility index (Phi) is 4.34. The minimum absolute atomic E-state index is 0.00719. The Hall–Kier alpha value is -2.87. The van der Waals surface area contributed by atoms with Gasteiger partial charge in [0.15, 0.2) is 11.6 Å². The first-order valence-electron chi connectivity index (χ1n) is 8.82. The van der Waals surface area contributed by atoms with Crippen molar-refractivity contribution in [2.75, 3.05) is 0 Å². The van der Waals surface area contributed by atoms with Crippen LogP contribution in [0.3, 0.4) is 0 Å². The van der Waals surface area contributed by atoms with Gasteiger partial charge in [0.25, 0.3) is 0 Å². The second kappa shape index (κ2) is 6.80. The monoisotopic (exact) mass is 351 g/mol. The maximum Gasteiger partial charge on any atom is 0.225 e. The summed E-state index contributed by atoms with van der Waals surface area (Å²) in [6.07, 6.45) is 5.47. The van der Waals surface area contributed by atoms with E-state index in [0.29, 0.717) is 11.6 Å². The van der Waals surface area contributed by atoms with Crippen molar-refractivity contribution in [1.29, 1.82) is 0 Å². The van der Waals surface area contributed by atoms with Crippen LogP contribution in [-0.4, -0.2) is 36.7 Å². The molecule has 3 aromatic rings. The van der Waals surface area contributed by atoms with Gasteiger partial charge in [-0.05, 0) is 37.8 Å². The average Bonchev–Trinajstić information content (AvgIpc) is 3.05. The van der Waals surface area contributed by atoms with Crippen LogP contribution < -0.4 is 11.5 Å². The maximum absolute atomic E-state index is 11.3. The molecule has 8 nitrogen and oxygen atoms in total. The molecule has 0 bridgehead atoms. The van der Waals surface area contributed by atoms with E-state index in [1.54, 1.807) is 10.9 Å². The number of benzene rings is 1. The lowest BCUT2D eigenvalue weighted by Crippen LogP contribution is -2.27. The Balaban J connectivity index is 1.76. The summed E-state index contributed by atoms with van der Waals surface area (Å²) in [5.74, 6) is 1.59. The first-order chi connectivity index (χ1) is 12.6. The lowest BCUT2D eigenvalue weighted by atomic mass is 9.86. The quantitative estimate of drug-likeness (QED) is 0.728. The summed E-state index contributed by atoms with van der Waals surface area (Å²) < 4.78 is 1.71. The van der Waals surface area contributed by atoms with Crippen LogP contribution in [0.15, 0.2) is 30.5 Å². The van der Waals surface area contributed by atoms with Gasteiger partial charge in [0, 0.05) is 12.0 Å². The summed E-state index contributed by atoms with van der Waals surface area (Å²) in [4.78, 5) is 25.0. The Morgan fingerprint density at radius 2 is 1.85 bits per heavy atom. The van der Waals surface area contributed by atoms with E-state index in [-0.39, 0.29) is 18.4 Å². The van der Waals surface area contributed by atoms with Crippen molar-refractivity contribution in [3.8, 4) is 5.82 Å². The zero-order valence-electron chi connectivity index (χ0n) is 14.4. The highest BCUT2D eigenvalue weighted by atomic mass is 16.1. The number of primary amides is 1. The van der Waals surface area contributed by atoms with Crippen molar-refractivity contribution in [3.63, 3.8) is 0 Å². The van der Waals surface area contributed by atoms with Gasteiger partial charge in [0.05, 0.1) is 23.7 Å². The van der Waals surface area contributed by atoms with Crippen molar-refractivity contribution in [1.82, 2.24) is 24.7 Å². The fraction of sp³-hybridized carbons (Fsp3) is 0.389. The number of amides is 1. The van der Waals surface area contributed by atoms with Crippen LogP contribution in [0.2, 0.25) is 0 Å². The predicted molar refractivity (Wildman–Crippen MR) is 96.5 cm³/mol. The Labute approximate surface area is 150 Å². The minimum atomic E-state index is -0.455. The molecule has 2 heterocycles. The molecule has 0 unspecified atom stereocenters. The van der Waals surface area contributed by atoms with Gasteiger partial charge in [0.2, 0.25) is 5.91 Å². The number of rotatable bonds is 4. The molecule has 0 radical (unpaired) electrons. The Morgan fingerprint density at radius 3 is 2.58 bits per heavy atom. The fourth-order valence-corrected chi connectivity index (χ4v) is 3.46. The topological polar surface area (TPSA) is 126 Å². The molecule has 0 atom stereocenters. The number of nitrogens with zero attached hydrogens (tertiary/aromatic N) is 5. The van der Waals surface area contributed by atoms with Gasteiger partial charge in [-0.15, -0.1) is 5.10 Å². The molecule has 1 aliphatic rings. The molecule has 8 heteroatoms. The highest BCUT2D eigenvalue weighted by Gasteiger charge is 2.26. The van der Waals surface area contributed by atoms with E-state index >= 15 is 0 Å². The summed E-state index contributed by atoms with van der Waals surface area (Å²) in [6.45, 7) is 0. The lowest BCUT2D eigenvalue weighted by molar-refractivity contribution is -0.117. The molecule has 0 aliphatic heterocycles. The first kappa shape index (κ1) is 16.6. The molecule has 1 fully saturated rings. The average molecular weight is 351 g/mol. The molecule has 2 aromatic heterocycles. The Morgan fingerprint density at radius 1 is 1.12 bits per heavy atom. The van der Waals surface area contributed by atoms with Gasteiger partial charge in [-0.2, -0.15) is 4.68 Å². The molecule has 1 aliphatic carbocycles. The van der Waals surface area contributed by atoms with Crippen molar-refractivity contribution < 1.29 is 4.79 Å². The number of fused-ring (bicyclic) bond motifs is 1. The van der Waals surface area contributed by atoms with Crippen LogP contribution in [0, 0.1) is 0 Å². The van der Waals surface area contributed by atoms with Gasteiger partial charge in [-0.1, -0.05) is 12.1 Å². The normalized spacial score (nSPS) is 20.3. The Bertz CT molecular complexity index is 944. The summed E-state index contributed by atoms with van der Waals surface area (Å²) in [5, 5.41) is 4.49. The van der Waals surface area contributed by atoms with Gasteiger partial charge >= 0.3 is 0 Å². The molecule has 134 valence electrons. The van der Waals surface area contributed by atoms with Crippen LogP contribution in [0.25, 0.3) is 16.9 Å². The van der Waals surface area contributed by atoms with E-state index in [9.17, 15) is 4.79 Å². The molecule has 1 saturated carbocycles. The molecular formula is C18H21N7O. The SMILES string of the molecule is NC(=O)Cc1nc(C2CCC(N)CC2)n(-c2cnc3ccccc3n2)n1. The number of carbonyl (C=O) groups excluding carboxylic acids is 1. The molecule has 1 amide bonds. The fourth-order valence-electron chi connectivity index (χ4n) is 3.46. The molecule has 0 spiro atoms. The van der Waals surface area contributed by atoms with Crippen LogP contribution in [0.1, 0.15) is 43.3 Å². The zero-order chi connectivity index (χ0) is 18.1. The van der Waals surface area contributed by atoms with Gasteiger partial charge in [-0.3, -0.25) is 9.78 Å². The van der Waals surface area contributed by atoms with Crippen molar-refractivity contribution >= 4 is 16.9 Å². The van der Waals surface area contributed by atoms with E-state index in [0.717, 1.165) is 42.5 Å². The van der Waals surface area contributed by atoms with E-state index in [1.165, 1.54) is 0 Å². The number of aromatic nitrogens is 5. The number of hydrogen-bond donors (Lipinski definition) is 2. The van der Waals surface area contributed by atoms with Gasteiger partial charge in [-0.25, -0.2) is 9.97 Å². The van der Waals surface area contributed by atoms with Crippen molar-refractivity contribution in [2.45, 2.75) is 44.1 Å². The molecule has 0 saturated heterocycles.